The topological polar surface area (TPSA) is 125 Å². The third-order valence-corrected chi connectivity index (χ3v) is 4.02. The molecular formula is C15H12FN5O5. The van der Waals surface area contributed by atoms with Crippen molar-refractivity contribution in [1.29, 1.82) is 0 Å². The van der Waals surface area contributed by atoms with E-state index in [9.17, 15) is 14.0 Å². The molecule has 3 heterocycles. The minimum absolute atomic E-state index is 0.000605. The molecule has 0 spiro atoms. The highest BCUT2D eigenvalue weighted by Crippen LogP contribution is 2.40. The van der Waals surface area contributed by atoms with Gasteiger partial charge >= 0.3 is 6.16 Å². The maximum absolute atomic E-state index is 15.0. The smallest absolute Gasteiger partial charge is 0.467 e. The fraction of sp³-hybridized carbons (Fsp3) is 0.133. The minimum atomic E-state index is -1.67. The van der Waals surface area contributed by atoms with E-state index in [-0.39, 0.29) is 29.1 Å². The summed E-state index contributed by atoms with van der Waals surface area (Å²) in [6.07, 6.45) is 3.86. The second-order valence-electron chi connectivity index (χ2n) is 5.57. The van der Waals surface area contributed by atoms with Crippen molar-refractivity contribution in [3.8, 4) is 17.2 Å². The van der Waals surface area contributed by atoms with E-state index < -0.39 is 28.8 Å². The number of imidazole rings is 1. The van der Waals surface area contributed by atoms with Crippen molar-refractivity contribution in [2.24, 2.45) is 0 Å². The highest BCUT2D eigenvalue weighted by molar-refractivity contribution is 5.99. The molecule has 0 aliphatic carbocycles. The van der Waals surface area contributed by atoms with E-state index in [0.29, 0.717) is 0 Å². The maximum Gasteiger partial charge on any atom is 0.511 e. The molecule has 1 aliphatic rings. The molecule has 0 fully saturated rings. The molecule has 0 saturated carbocycles. The number of aromatic nitrogens is 3. The van der Waals surface area contributed by atoms with Crippen molar-refractivity contribution in [2.45, 2.75) is 0 Å². The summed E-state index contributed by atoms with van der Waals surface area (Å²) in [6, 6.07) is 0. The summed E-state index contributed by atoms with van der Waals surface area (Å²) in [4.78, 5) is 27.4. The van der Waals surface area contributed by atoms with E-state index in [4.69, 9.17) is 15.6 Å². The Morgan fingerprint density at radius 2 is 2.27 bits per heavy atom. The van der Waals surface area contributed by atoms with Crippen molar-refractivity contribution >= 4 is 22.7 Å². The van der Waals surface area contributed by atoms with Gasteiger partial charge in [0, 0.05) is 19.4 Å². The Balaban J connectivity index is 2.18. The van der Waals surface area contributed by atoms with Crippen LogP contribution in [0.5, 0.6) is 11.5 Å². The third-order valence-electron chi connectivity index (χ3n) is 4.02. The van der Waals surface area contributed by atoms with Crippen molar-refractivity contribution in [3.63, 3.8) is 0 Å². The van der Waals surface area contributed by atoms with E-state index >= 15 is 0 Å². The Kier molecular flexibility index (Phi) is 3.26. The van der Waals surface area contributed by atoms with Gasteiger partial charge in [0.2, 0.25) is 11.2 Å². The molecule has 3 N–H and O–H groups in total. The van der Waals surface area contributed by atoms with Crippen LogP contribution in [-0.4, -0.2) is 39.3 Å². The number of hydrogen-bond donors (Lipinski definition) is 2. The number of carboxylic acid groups (broad SMARTS) is 1. The van der Waals surface area contributed by atoms with Crippen LogP contribution in [0.15, 0.2) is 29.7 Å². The van der Waals surface area contributed by atoms with Crippen LogP contribution >= 0.6 is 0 Å². The number of nitrogen functional groups attached to an aromatic ring is 1. The SMILES string of the molecule is CN1COc2c(-n3ccnc3)c(F)c(N)c3c(=O)c(OC(=O)O)cn1c23. The van der Waals surface area contributed by atoms with E-state index in [2.05, 4.69) is 9.72 Å². The number of benzene rings is 1. The number of ether oxygens (including phenoxy) is 2. The molecular weight excluding hydrogens is 349 g/mol. The van der Waals surface area contributed by atoms with E-state index in [1.165, 1.54) is 34.2 Å². The van der Waals surface area contributed by atoms with Crippen LogP contribution < -0.4 is 25.6 Å². The van der Waals surface area contributed by atoms with Crippen LogP contribution in [0.4, 0.5) is 14.9 Å². The molecule has 3 aromatic rings. The summed E-state index contributed by atoms with van der Waals surface area (Å²) in [7, 11) is 1.63. The maximum atomic E-state index is 15.0. The van der Waals surface area contributed by atoms with Gasteiger partial charge in [0.1, 0.15) is 11.2 Å². The molecule has 10 nitrogen and oxygen atoms in total. The summed E-state index contributed by atoms with van der Waals surface area (Å²) >= 11 is 0. The fourth-order valence-corrected chi connectivity index (χ4v) is 2.91. The molecule has 0 bridgehead atoms. The standard InChI is InChI=1S/C15H12FN5O5/c1-19-6-25-14-11-8(13(22)7(4-21(11)19)26-15(23)24)10(17)9(16)12(14)20-3-2-18-5-20/h2-5H,6,17H2,1H3,(H,23,24). The number of pyridine rings is 1. The first kappa shape index (κ1) is 15.7. The Bertz CT molecular complexity index is 1110. The van der Waals surface area contributed by atoms with Gasteiger partial charge in [-0.3, -0.25) is 14.5 Å². The molecule has 0 amide bonds. The number of nitrogens with two attached hydrogens (primary N) is 1. The van der Waals surface area contributed by atoms with Gasteiger partial charge in [0.05, 0.1) is 23.6 Å². The van der Waals surface area contributed by atoms with Crippen LogP contribution in [-0.2, 0) is 0 Å². The molecule has 1 aromatic carbocycles. The largest absolute Gasteiger partial charge is 0.511 e. The molecule has 0 radical (unpaired) electrons. The van der Waals surface area contributed by atoms with Crippen LogP contribution in [0, 0.1) is 5.82 Å². The zero-order valence-electron chi connectivity index (χ0n) is 13.3. The number of halogens is 1. The summed E-state index contributed by atoms with van der Waals surface area (Å²) in [5.41, 5.74) is 4.79. The zero-order valence-corrected chi connectivity index (χ0v) is 13.3. The normalized spacial score (nSPS) is 12.9. The monoisotopic (exact) mass is 361 g/mol. The van der Waals surface area contributed by atoms with Crippen LogP contribution in [0.25, 0.3) is 16.6 Å². The van der Waals surface area contributed by atoms with Gasteiger partial charge in [-0.05, 0) is 0 Å². The molecule has 26 heavy (non-hydrogen) atoms. The molecule has 1 aliphatic heterocycles. The fourth-order valence-electron chi connectivity index (χ4n) is 2.91. The highest BCUT2D eigenvalue weighted by Gasteiger charge is 2.30. The molecule has 134 valence electrons. The van der Waals surface area contributed by atoms with Crippen molar-refractivity contribution in [2.75, 3.05) is 24.5 Å². The predicted octanol–water partition coefficient (Wildman–Crippen LogP) is 0.883. The first-order chi connectivity index (χ1) is 12.4. The van der Waals surface area contributed by atoms with Gasteiger partial charge in [0.15, 0.2) is 18.3 Å². The van der Waals surface area contributed by atoms with Crippen LogP contribution in [0.3, 0.4) is 0 Å². The van der Waals surface area contributed by atoms with Crippen molar-refractivity contribution in [3.05, 3.63) is 41.0 Å². The number of hydrogen-bond acceptors (Lipinski definition) is 7. The van der Waals surface area contributed by atoms with Gasteiger partial charge in [0.25, 0.3) is 0 Å². The summed E-state index contributed by atoms with van der Waals surface area (Å²) in [6.45, 7) is 0.0164. The van der Waals surface area contributed by atoms with E-state index in [0.717, 1.165) is 0 Å². The Morgan fingerprint density at radius 1 is 1.50 bits per heavy atom. The molecule has 2 aromatic heterocycles. The summed E-state index contributed by atoms with van der Waals surface area (Å²) in [5.74, 6) is -1.29. The lowest BCUT2D eigenvalue weighted by Crippen LogP contribution is -2.39. The van der Waals surface area contributed by atoms with Crippen LogP contribution in [0.1, 0.15) is 0 Å². The Labute approximate surface area is 144 Å². The number of anilines is 1. The zero-order chi connectivity index (χ0) is 18.6. The van der Waals surface area contributed by atoms with Gasteiger partial charge in [-0.15, -0.1) is 0 Å². The minimum Gasteiger partial charge on any atom is -0.467 e. The van der Waals surface area contributed by atoms with Gasteiger partial charge < -0.3 is 24.9 Å². The van der Waals surface area contributed by atoms with Gasteiger partial charge in [-0.25, -0.2) is 14.2 Å². The van der Waals surface area contributed by atoms with E-state index in [1.807, 2.05) is 0 Å². The van der Waals surface area contributed by atoms with Gasteiger partial charge in [-0.1, -0.05) is 0 Å². The summed E-state index contributed by atoms with van der Waals surface area (Å²) < 4.78 is 28.0. The average molecular weight is 361 g/mol. The quantitative estimate of drug-likeness (QED) is 0.509. The number of nitrogens with zero attached hydrogens (tertiary/aromatic N) is 4. The average Bonchev–Trinajstić information content (AvgIpc) is 3.11. The van der Waals surface area contributed by atoms with Crippen molar-refractivity contribution in [1.82, 2.24) is 14.2 Å². The molecule has 4 rings (SSSR count). The third kappa shape index (κ3) is 2.06. The second-order valence-corrected chi connectivity index (χ2v) is 5.57. The summed E-state index contributed by atoms with van der Waals surface area (Å²) in [5, 5.41) is 10.1. The predicted molar refractivity (Wildman–Crippen MR) is 88.0 cm³/mol. The lowest BCUT2D eigenvalue weighted by atomic mass is 10.1. The molecule has 11 heteroatoms. The van der Waals surface area contributed by atoms with Crippen LogP contribution in [0.2, 0.25) is 0 Å². The van der Waals surface area contributed by atoms with Gasteiger partial charge in [-0.2, -0.15) is 0 Å². The van der Waals surface area contributed by atoms with Crippen molar-refractivity contribution < 1.29 is 23.8 Å². The number of carbonyl (C=O) groups is 1. The Hall–Kier alpha value is -3.76. The number of rotatable bonds is 2. The van der Waals surface area contributed by atoms with E-state index in [1.54, 1.807) is 12.1 Å². The molecule has 0 atom stereocenters. The first-order valence-electron chi connectivity index (χ1n) is 7.33. The molecule has 0 unspecified atom stereocenters. The lowest BCUT2D eigenvalue weighted by Gasteiger charge is -2.32. The lowest BCUT2D eigenvalue weighted by molar-refractivity contribution is 0.143. The Morgan fingerprint density at radius 3 is 2.92 bits per heavy atom. The molecule has 0 saturated heterocycles. The first-order valence-corrected chi connectivity index (χ1v) is 7.33. The second kappa shape index (κ2) is 5.37. The highest BCUT2D eigenvalue weighted by atomic mass is 19.1.